The third-order valence-electron chi connectivity index (χ3n) is 4.32. The standard InChI is InChI=1S/C23H38N2O4/c1-7-8-9-12-29-20-15-18(10-11-19(20)28-6)23(24-21(26)13-16(2)3)25-22(27)14-17(4)5/h10-11,15-17,23H,7-9,12-14H2,1-6H3,(H,24,26)(H,25,27). The molecule has 0 aliphatic carbocycles. The Morgan fingerprint density at radius 1 is 0.931 bits per heavy atom. The van der Waals surface area contributed by atoms with Gasteiger partial charge in [-0.15, -0.1) is 0 Å². The molecule has 0 unspecified atom stereocenters. The van der Waals surface area contributed by atoms with Gasteiger partial charge in [0.1, 0.15) is 6.17 Å². The summed E-state index contributed by atoms with van der Waals surface area (Å²) in [6.07, 6.45) is 3.36. The molecule has 0 aliphatic rings. The molecule has 0 aromatic heterocycles. The molecule has 0 atom stereocenters. The van der Waals surface area contributed by atoms with Crippen LogP contribution in [0.1, 0.15) is 78.5 Å². The summed E-state index contributed by atoms with van der Waals surface area (Å²) < 4.78 is 11.3. The highest BCUT2D eigenvalue weighted by molar-refractivity contribution is 5.79. The van der Waals surface area contributed by atoms with E-state index in [2.05, 4.69) is 17.6 Å². The fourth-order valence-electron chi connectivity index (χ4n) is 2.90. The van der Waals surface area contributed by atoms with Crippen molar-refractivity contribution in [2.24, 2.45) is 11.8 Å². The predicted molar refractivity (Wildman–Crippen MR) is 116 cm³/mol. The maximum atomic E-state index is 12.4. The van der Waals surface area contributed by atoms with Crippen LogP contribution in [0.25, 0.3) is 0 Å². The lowest BCUT2D eigenvalue weighted by Gasteiger charge is -2.23. The minimum Gasteiger partial charge on any atom is -0.493 e. The fourth-order valence-corrected chi connectivity index (χ4v) is 2.90. The quantitative estimate of drug-likeness (QED) is 0.371. The summed E-state index contributed by atoms with van der Waals surface area (Å²) in [7, 11) is 1.60. The fraction of sp³-hybridized carbons (Fsp3) is 0.652. The van der Waals surface area contributed by atoms with Crippen molar-refractivity contribution in [3.05, 3.63) is 23.8 Å². The van der Waals surface area contributed by atoms with Crippen molar-refractivity contribution in [2.75, 3.05) is 13.7 Å². The zero-order valence-electron chi connectivity index (χ0n) is 18.8. The van der Waals surface area contributed by atoms with E-state index in [4.69, 9.17) is 9.47 Å². The summed E-state index contributed by atoms with van der Waals surface area (Å²) in [6, 6.07) is 5.48. The van der Waals surface area contributed by atoms with Crippen LogP contribution in [-0.2, 0) is 9.59 Å². The van der Waals surface area contributed by atoms with E-state index < -0.39 is 6.17 Å². The molecule has 0 saturated carbocycles. The van der Waals surface area contributed by atoms with E-state index >= 15 is 0 Å². The van der Waals surface area contributed by atoms with Crippen molar-refractivity contribution < 1.29 is 19.1 Å². The zero-order valence-corrected chi connectivity index (χ0v) is 18.8. The molecule has 6 heteroatoms. The lowest BCUT2D eigenvalue weighted by Crippen LogP contribution is -2.41. The van der Waals surface area contributed by atoms with E-state index in [0.717, 1.165) is 24.8 Å². The number of unbranched alkanes of at least 4 members (excludes halogenated alkanes) is 2. The summed E-state index contributed by atoms with van der Waals surface area (Å²) in [5.74, 6) is 1.51. The van der Waals surface area contributed by atoms with E-state index in [-0.39, 0.29) is 23.7 Å². The topological polar surface area (TPSA) is 76.7 Å². The Hall–Kier alpha value is -2.24. The Morgan fingerprint density at radius 3 is 2.00 bits per heavy atom. The van der Waals surface area contributed by atoms with Gasteiger partial charge in [0.2, 0.25) is 11.8 Å². The maximum absolute atomic E-state index is 12.4. The van der Waals surface area contributed by atoms with Crippen LogP contribution in [0.2, 0.25) is 0 Å². The molecule has 0 radical (unpaired) electrons. The van der Waals surface area contributed by atoms with E-state index in [0.29, 0.717) is 30.9 Å². The molecule has 0 aliphatic heterocycles. The average molecular weight is 407 g/mol. The predicted octanol–water partition coefficient (Wildman–Crippen LogP) is 4.59. The Morgan fingerprint density at radius 2 is 1.52 bits per heavy atom. The first-order valence-corrected chi connectivity index (χ1v) is 10.7. The van der Waals surface area contributed by atoms with Crippen molar-refractivity contribution in [3.63, 3.8) is 0 Å². The normalized spacial score (nSPS) is 11.1. The molecule has 0 spiro atoms. The minimum absolute atomic E-state index is 0.101. The molecule has 2 amide bonds. The summed E-state index contributed by atoms with van der Waals surface area (Å²) >= 11 is 0. The van der Waals surface area contributed by atoms with Gasteiger partial charge in [-0.3, -0.25) is 9.59 Å². The lowest BCUT2D eigenvalue weighted by molar-refractivity contribution is -0.125. The molecular weight excluding hydrogens is 368 g/mol. The van der Waals surface area contributed by atoms with Crippen molar-refractivity contribution in [3.8, 4) is 11.5 Å². The molecule has 1 aromatic rings. The molecular formula is C23H38N2O4. The van der Waals surface area contributed by atoms with Crippen molar-refractivity contribution in [2.45, 2.75) is 72.9 Å². The number of rotatable bonds is 13. The van der Waals surface area contributed by atoms with Crippen LogP contribution in [-0.4, -0.2) is 25.5 Å². The maximum Gasteiger partial charge on any atom is 0.222 e. The molecule has 0 saturated heterocycles. The van der Waals surface area contributed by atoms with Crippen molar-refractivity contribution in [1.82, 2.24) is 10.6 Å². The summed E-state index contributed by atoms with van der Waals surface area (Å²) in [6.45, 7) is 10.7. The van der Waals surface area contributed by atoms with Crippen LogP contribution in [0, 0.1) is 11.8 Å². The number of carbonyl (C=O) groups excluding carboxylic acids is 2. The second-order valence-electron chi connectivity index (χ2n) is 8.23. The Labute approximate surface area is 175 Å². The first kappa shape index (κ1) is 24.8. The van der Waals surface area contributed by atoms with E-state index in [1.54, 1.807) is 13.2 Å². The number of hydrogen-bond acceptors (Lipinski definition) is 4. The van der Waals surface area contributed by atoms with Gasteiger partial charge in [-0.2, -0.15) is 0 Å². The van der Waals surface area contributed by atoms with Gasteiger partial charge in [0, 0.05) is 12.8 Å². The number of hydrogen-bond donors (Lipinski definition) is 2. The molecule has 2 N–H and O–H groups in total. The van der Waals surface area contributed by atoms with E-state index in [1.807, 2.05) is 39.8 Å². The number of ether oxygens (including phenoxy) is 2. The van der Waals surface area contributed by atoms with Crippen LogP contribution in [0.15, 0.2) is 18.2 Å². The molecule has 6 nitrogen and oxygen atoms in total. The zero-order chi connectivity index (χ0) is 21.8. The Balaban J connectivity index is 3.04. The van der Waals surface area contributed by atoms with E-state index in [9.17, 15) is 9.59 Å². The van der Waals surface area contributed by atoms with Gasteiger partial charge >= 0.3 is 0 Å². The second-order valence-corrected chi connectivity index (χ2v) is 8.23. The van der Waals surface area contributed by atoms with Gasteiger partial charge in [-0.1, -0.05) is 53.5 Å². The van der Waals surface area contributed by atoms with Gasteiger partial charge in [0.05, 0.1) is 13.7 Å². The van der Waals surface area contributed by atoms with E-state index in [1.165, 1.54) is 0 Å². The Bertz CT molecular complexity index is 620. The average Bonchev–Trinajstić information content (AvgIpc) is 2.63. The molecule has 0 bridgehead atoms. The molecule has 29 heavy (non-hydrogen) atoms. The number of carbonyl (C=O) groups is 2. The highest BCUT2D eigenvalue weighted by Crippen LogP contribution is 2.30. The highest BCUT2D eigenvalue weighted by atomic mass is 16.5. The summed E-state index contributed by atoms with van der Waals surface area (Å²) in [5.41, 5.74) is 0.755. The summed E-state index contributed by atoms with van der Waals surface area (Å²) in [4.78, 5) is 24.7. The van der Waals surface area contributed by atoms with Crippen LogP contribution in [0.4, 0.5) is 0 Å². The number of benzene rings is 1. The number of nitrogens with one attached hydrogen (secondary N) is 2. The molecule has 1 aromatic carbocycles. The Kier molecular flexibility index (Phi) is 11.2. The highest BCUT2D eigenvalue weighted by Gasteiger charge is 2.20. The van der Waals surface area contributed by atoms with Gasteiger partial charge in [-0.05, 0) is 36.0 Å². The minimum atomic E-state index is -0.614. The third kappa shape index (κ3) is 9.68. The number of methoxy groups -OCH3 is 1. The molecule has 1 rings (SSSR count). The van der Waals surface area contributed by atoms with Gasteiger partial charge in [0.25, 0.3) is 0 Å². The third-order valence-corrected chi connectivity index (χ3v) is 4.32. The SMILES string of the molecule is CCCCCOc1cc(C(NC(=O)CC(C)C)NC(=O)CC(C)C)ccc1OC. The van der Waals surface area contributed by atoms with Crippen LogP contribution in [0.3, 0.4) is 0 Å². The largest absolute Gasteiger partial charge is 0.493 e. The van der Waals surface area contributed by atoms with Gasteiger partial charge < -0.3 is 20.1 Å². The first-order chi connectivity index (χ1) is 13.8. The van der Waals surface area contributed by atoms with Gasteiger partial charge in [-0.25, -0.2) is 0 Å². The molecule has 164 valence electrons. The smallest absolute Gasteiger partial charge is 0.222 e. The van der Waals surface area contributed by atoms with Crippen molar-refractivity contribution in [1.29, 1.82) is 0 Å². The second kappa shape index (κ2) is 13.1. The van der Waals surface area contributed by atoms with Gasteiger partial charge in [0.15, 0.2) is 11.5 Å². The van der Waals surface area contributed by atoms with Crippen LogP contribution in [0.5, 0.6) is 11.5 Å². The molecule has 0 heterocycles. The molecule has 0 fully saturated rings. The lowest BCUT2D eigenvalue weighted by atomic mass is 10.1. The van der Waals surface area contributed by atoms with Crippen molar-refractivity contribution >= 4 is 11.8 Å². The number of amides is 2. The summed E-state index contributed by atoms with van der Waals surface area (Å²) in [5, 5.41) is 5.89. The van der Waals surface area contributed by atoms with Crippen LogP contribution >= 0.6 is 0 Å². The monoisotopic (exact) mass is 406 g/mol. The first-order valence-electron chi connectivity index (χ1n) is 10.7. The van der Waals surface area contributed by atoms with Crippen LogP contribution < -0.4 is 20.1 Å².